The van der Waals surface area contributed by atoms with Gasteiger partial charge in [-0.3, -0.25) is 9.59 Å². The molecule has 21 heavy (non-hydrogen) atoms. The van der Waals surface area contributed by atoms with Crippen molar-refractivity contribution in [1.82, 2.24) is 0 Å². The lowest BCUT2D eigenvalue weighted by atomic mass is 10.0. The zero-order valence-corrected chi connectivity index (χ0v) is 13.2. The number of carbonyl (C=O) groups excluding carboxylic acids is 2. The van der Waals surface area contributed by atoms with Gasteiger partial charge in [-0.1, -0.05) is 56.9 Å². The van der Waals surface area contributed by atoms with Gasteiger partial charge in [0.2, 0.25) is 0 Å². The summed E-state index contributed by atoms with van der Waals surface area (Å²) in [5.74, 6) is -0.571. The summed E-state index contributed by atoms with van der Waals surface area (Å²) in [4.78, 5) is 22.7. The maximum Gasteiger partial charge on any atom is 0.313 e. The third kappa shape index (κ3) is 7.64. The lowest BCUT2D eigenvalue weighted by molar-refractivity contribution is -0.143. The van der Waals surface area contributed by atoms with Crippen molar-refractivity contribution in [2.75, 3.05) is 7.11 Å². The highest BCUT2D eigenvalue weighted by Crippen LogP contribution is 2.11. The number of ether oxygens (including phenoxy) is 1. The number of unbranched alkanes of at least 4 members (excludes halogenated alkanes) is 4. The van der Waals surface area contributed by atoms with Crippen LogP contribution < -0.4 is 0 Å². The lowest BCUT2D eigenvalue weighted by Crippen LogP contribution is -2.11. The van der Waals surface area contributed by atoms with E-state index in [-0.39, 0.29) is 12.2 Å². The Morgan fingerprint density at radius 2 is 1.57 bits per heavy atom. The van der Waals surface area contributed by atoms with E-state index >= 15 is 0 Å². The van der Waals surface area contributed by atoms with Crippen LogP contribution in [0.2, 0.25) is 0 Å². The van der Waals surface area contributed by atoms with Gasteiger partial charge in [0.15, 0.2) is 0 Å². The van der Waals surface area contributed by atoms with Crippen molar-refractivity contribution < 1.29 is 14.3 Å². The predicted molar refractivity (Wildman–Crippen MR) is 84.2 cm³/mol. The first-order chi connectivity index (χ1) is 10.2. The molecule has 0 aliphatic rings. The van der Waals surface area contributed by atoms with Gasteiger partial charge in [-0.05, 0) is 24.0 Å². The SMILES string of the molecule is CCCCCCCc1ccc(CC(=O)CC(=O)OC)cc1. The first-order valence-electron chi connectivity index (χ1n) is 7.82. The molecule has 116 valence electrons. The summed E-state index contributed by atoms with van der Waals surface area (Å²) in [5, 5.41) is 0. The highest BCUT2D eigenvalue weighted by molar-refractivity contribution is 5.96. The molecule has 1 aromatic carbocycles. The zero-order chi connectivity index (χ0) is 15.5. The Bertz CT molecular complexity index is 434. The van der Waals surface area contributed by atoms with E-state index in [0.717, 1.165) is 12.0 Å². The molecule has 0 bridgehead atoms. The Morgan fingerprint density at radius 3 is 2.19 bits per heavy atom. The summed E-state index contributed by atoms with van der Waals surface area (Å²) in [6, 6.07) is 8.13. The van der Waals surface area contributed by atoms with Crippen LogP contribution in [0.4, 0.5) is 0 Å². The molecule has 0 atom stereocenters. The summed E-state index contributed by atoms with van der Waals surface area (Å²) >= 11 is 0. The monoisotopic (exact) mass is 290 g/mol. The second kappa shape index (κ2) is 10.1. The van der Waals surface area contributed by atoms with Crippen LogP contribution in [0.15, 0.2) is 24.3 Å². The van der Waals surface area contributed by atoms with Crippen LogP contribution in [0, 0.1) is 0 Å². The third-order valence-electron chi connectivity index (χ3n) is 3.56. The average molecular weight is 290 g/mol. The summed E-state index contributed by atoms with van der Waals surface area (Å²) in [7, 11) is 1.30. The number of ketones is 1. The van der Waals surface area contributed by atoms with E-state index in [1.165, 1.54) is 44.8 Å². The van der Waals surface area contributed by atoms with Gasteiger partial charge in [-0.25, -0.2) is 0 Å². The second-order valence-electron chi connectivity index (χ2n) is 5.45. The highest BCUT2D eigenvalue weighted by Gasteiger charge is 2.10. The highest BCUT2D eigenvalue weighted by atomic mass is 16.5. The fourth-order valence-electron chi connectivity index (χ4n) is 2.28. The molecule has 0 aliphatic heterocycles. The lowest BCUT2D eigenvalue weighted by Gasteiger charge is -2.04. The fraction of sp³-hybridized carbons (Fsp3) is 0.556. The van der Waals surface area contributed by atoms with Crippen molar-refractivity contribution in [2.24, 2.45) is 0 Å². The van der Waals surface area contributed by atoms with Crippen molar-refractivity contribution in [2.45, 2.75) is 58.3 Å². The van der Waals surface area contributed by atoms with Gasteiger partial charge in [-0.2, -0.15) is 0 Å². The molecule has 1 aromatic rings. The fourth-order valence-corrected chi connectivity index (χ4v) is 2.28. The largest absolute Gasteiger partial charge is 0.469 e. The molecule has 0 amide bonds. The molecule has 0 heterocycles. The molecule has 3 heteroatoms. The predicted octanol–water partition coefficient (Wildman–Crippen LogP) is 3.87. The van der Waals surface area contributed by atoms with Crippen LogP contribution in [0.5, 0.6) is 0 Å². The number of hydrogen-bond donors (Lipinski definition) is 0. The number of benzene rings is 1. The molecule has 0 N–H and O–H groups in total. The second-order valence-corrected chi connectivity index (χ2v) is 5.45. The Kier molecular flexibility index (Phi) is 8.41. The van der Waals surface area contributed by atoms with Crippen molar-refractivity contribution in [1.29, 1.82) is 0 Å². The zero-order valence-electron chi connectivity index (χ0n) is 13.2. The number of aryl methyl sites for hydroxylation is 1. The molecule has 0 radical (unpaired) electrons. The van der Waals surface area contributed by atoms with E-state index in [1.807, 2.05) is 12.1 Å². The van der Waals surface area contributed by atoms with Gasteiger partial charge < -0.3 is 4.74 Å². The van der Waals surface area contributed by atoms with Crippen molar-refractivity contribution >= 4 is 11.8 Å². The molecule has 0 fully saturated rings. The molecule has 0 aliphatic carbocycles. The van der Waals surface area contributed by atoms with E-state index in [1.54, 1.807) is 0 Å². The molecule has 1 rings (SSSR count). The first-order valence-corrected chi connectivity index (χ1v) is 7.82. The standard InChI is InChI=1S/C18H26O3/c1-3-4-5-6-7-8-15-9-11-16(12-10-15)13-17(19)14-18(20)21-2/h9-12H,3-8,13-14H2,1-2H3. The Balaban J connectivity index is 2.33. The first kappa shape index (κ1) is 17.4. The minimum absolute atomic E-state index is 0.103. The maximum atomic E-state index is 11.6. The van der Waals surface area contributed by atoms with Crippen LogP contribution in [0.25, 0.3) is 0 Å². The van der Waals surface area contributed by atoms with Crippen LogP contribution >= 0.6 is 0 Å². The topological polar surface area (TPSA) is 43.4 Å². The van der Waals surface area contributed by atoms with Crippen molar-refractivity contribution in [3.63, 3.8) is 0 Å². The molecule has 0 aromatic heterocycles. The van der Waals surface area contributed by atoms with Crippen LogP contribution in [0.3, 0.4) is 0 Å². The van der Waals surface area contributed by atoms with E-state index in [2.05, 4.69) is 23.8 Å². The molecule has 0 saturated heterocycles. The molecular formula is C18H26O3. The van der Waals surface area contributed by atoms with Gasteiger partial charge in [0, 0.05) is 6.42 Å². The Hall–Kier alpha value is -1.64. The molecule has 0 saturated carbocycles. The van der Waals surface area contributed by atoms with Crippen molar-refractivity contribution in [3.05, 3.63) is 35.4 Å². The summed E-state index contributed by atoms with van der Waals surface area (Å²) in [5.41, 5.74) is 2.27. The van der Waals surface area contributed by atoms with Gasteiger partial charge in [0.1, 0.15) is 12.2 Å². The van der Waals surface area contributed by atoms with Crippen molar-refractivity contribution in [3.8, 4) is 0 Å². The molecule has 0 unspecified atom stereocenters. The molecule has 0 spiro atoms. The van der Waals surface area contributed by atoms with Crippen LogP contribution in [-0.2, 0) is 27.2 Å². The van der Waals surface area contributed by atoms with Gasteiger partial charge >= 0.3 is 5.97 Å². The normalized spacial score (nSPS) is 10.4. The van der Waals surface area contributed by atoms with E-state index in [0.29, 0.717) is 6.42 Å². The summed E-state index contributed by atoms with van der Waals surface area (Å²) < 4.78 is 4.49. The van der Waals surface area contributed by atoms with Gasteiger partial charge in [0.25, 0.3) is 0 Å². The van der Waals surface area contributed by atoms with E-state index in [4.69, 9.17) is 0 Å². The number of hydrogen-bond acceptors (Lipinski definition) is 3. The number of methoxy groups -OCH3 is 1. The minimum atomic E-state index is -0.469. The smallest absolute Gasteiger partial charge is 0.313 e. The van der Waals surface area contributed by atoms with Crippen LogP contribution in [-0.4, -0.2) is 18.9 Å². The van der Waals surface area contributed by atoms with Gasteiger partial charge in [0.05, 0.1) is 7.11 Å². The number of carbonyl (C=O) groups is 2. The minimum Gasteiger partial charge on any atom is -0.469 e. The average Bonchev–Trinajstić information content (AvgIpc) is 2.48. The Morgan fingerprint density at radius 1 is 0.952 bits per heavy atom. The van der Waals surface area contributed by atoms with Gasteiger partial charge in [-0.15, -0.1) is 0 Å². The summed E-state index contributed by atoms with van der Waals surface area (Å²) in [6.45, 7) is 2.22. The third-order valence-corrected chi connectivity index (χ3v) is 3.56. The molecular weight excluding hydrogens is 264 g/mol. The quantitative estimate of drug-likeness (QED) is 0.373. The number of Topliss-reactive ketones (excluding diaryl/α,β-unsaturated/α-hetero) is 1. The van der Waals surface area contributed by atoms with E-state index in [9.17, 15) is 9.59 Å². The Labute approximate surface area is 127 Å². The molecule has 3 nitrogen and oxygen atoms in total. The maximum absolute atomic E-state index is 11.6. The van der Waals surface area contributed by atoms with E-state index < -0.39 is 5.97 Å². The number of esters is 1. The summed E-state index contributed by atoms with van der Waals surface area (Å²) in [6.07, 6.45) is 7.67. The van der Waals surface area contributed by atoms with Crippen LogP contribution in [0.1, 0.15) is 56.6 Å². The number of rotatable bonds is 10.